The zero-order valence-corrected chi connectivity index (χ0v) is 27.2. The van der Waals surface area contributed by atoms with E-state index in [1.807, 2.05) is 13.8 Å². The fraction of sp³-hybridized carbons (Fsp3) is 0.394. The number of halogens is 1. The molecule has 45 heavy (non-hydrogen) atoms. The average Bonchev–Trinajstić information content (AvgIpc) is 3.04. The van der Waals surface area contributed by atoms with E-state index in [4.69, 9.17) is 14.2 Å². The molecule has 0 fully saturated rings. The second-order valence-electron chi connectivity index (χ2n) is 10.2. The molecular weight excluding hydrogens is 601 g/mol. The van der Waals surface area contributed by atoms with Crippen LogP contribution >= 0.6 is 0 Å². The smallest absolute Gasteiger partial charge is 0.264 e. The number of amides is 2. The highest BCUT2D eigenvalue weighted by molar-refractivity contribution is 7.92. The molecule has 3 rings (SSSR count). The van der Waals surface area contributed by atoms with Gasteiger partial charge in [-0.2, -0.15) is 0 Å². The predicted octanol–water partition coefficient (Wildman–Crippen LogP) is 5.16. The van der Waals surface area contributed by atoms with Crippen molar-refractivity contribution in [1.29, 1.82) is 0 Å². The molecule has 1 N–H and O–H groups in total. The van der Waals surface area contributed by atoms with Gasteiger partial charge in [-0.3, -0.25) is 13.9 Å². The number of hydrogen-bond acceptors (Lipinski definition) is 7. The molecule has 2 amide bonds. The number of nitrogens with zero attached hydrogens (tertiary/aromatic N) is 2. The van der Waals surface area contributed by atoms with Crippen LogP contribution in [0.2, 0.25) is 0 Å². The highest BCUT2D eigenvalue weighted by Crippen LogP contribution is 2.33. The lowest BCUT2D eigenvalue weighted by Gasteiger charge is -2.33. The van der Waals surface area contributed by atoms with E-state index >= 15 is 0 Å². The van der Waals surface area contributed by atoms with Crippen LogP contribution in [0.4, 0.5) is 10.1 Å². The van der Waals surface area contributed by atoms with E-state index in [0.29, 0.717) is 30.2 Å². The molecule has 0 spiro atoms. The van der Waals surface area contributed by atoms with E-state index in [2.05, 4.69) is 5.32 Å². The molecule has 0 bridgehead atoms. The molecule has 0 saturated carbocycles. The second kappa shape index (κ2) is 16.7. The van der Waals surface area contributed by atoms with Gasteiger partial charge in [0.15, 0.2) is 11.5 Å². The van der Waals surface area contributed by atoms with Gasteiger partial charge < -0.3 is 24.4 Å². The normalized spacial score (nSPS) is 11.8. The maximum Gasteiger partial charge on any atom is 0.264 e. The van der Waals surface area contributed by atoms with E-state index in [1.54, 1.807) is 31.2 Å². The molecule has 1 unspecified atom stereocenters. The number of unbranched alkanes of at least 4 members (excludes halogenated alkanes) is 1. The van der Waals surface area contributed by atoms with Crippen LogP contribution in [0.15, 0.2) is 71.6 Å². The van der Waals surface area contributed by atoms with Crippen molar-refractivity contribution in [3.05, 3.63) is 78.1 Å². The minimum absolute atomic E-state index is 0.0354. The van der Waals surface area contributed by atoms with E-state index in [1.165, 1.54) is 61.6 Å². The van der Waals surface area contributed by atoms with Crippen LogP contribution in [0.25, 0.3) is 0 Å². The van der Waals surface area contributed by atoms with Gasteiger partial charge in [-0.05, 0) is 73.9 Å². The van der Waals surface area contributed by atoms with Crippen LogP contribution in [0.3, 0.4) is 0 Å². The number of methoxy groups -OCH3 is 2. The molecule has 0 aliphatic rings. The summed E-state index contributed by atoms with van der Waals surface area (Å²) in [5.74, 6) is -0.339. The van der Waals surface area contributed by atoms with Gasteiger partial charge in [-0.25, -0.2) is 12.8 Å². The van der Waals surface area contributed by atoms with Crippen LogP contribution in [-0.2, 0) is 26.2 Å². The first kappa shape index (κ1) is 35.2. The molecule has 0 aliphatic carbocycles. The van der Waals surface area contributed by atoms with Crippen LogP contribution in [0.1, 0.15) is 45.6 Å². The lowest BCUT2D eigenvalue weighted by Crippen LogP contribution is -2.52. The van der Waals surface area contributed by atoms with Gasteiger partial charge in [0.2, 0.25) is 11.8 Å². The molecule has 10 nitrogen and oxygen atoms in total. The summed E-state index contributed by atoms with van der Waals surface area (Å²) in [5.41, 5.74) is 0.795. The third-order valence-electron chi connectivity index (χ3n) is 7.14. The Morgan fingerprint density at radius 2 is 1.58 bits per heavy atom. The van der Waals surface area contributed by atoms with Crippen molar-refractivity contribution < 1.29 is 36.6 Å². The van der Waals surface area contributed by atoms with Gasteiger partial charge in [0, 0.05) is 19.2 Å². The number of benzene rings is 3. The molecule has 1 atom stereocenters. The third kappa shape index (κ3) is 9.10. The third-order valence-corrected chi connectivity index (χ3v) is 8.91. The van der Waals surface area contributed by atoms with E-state index in [9.17, 15) is 22.4 Å². The summed E-state index contributed by atoms with van der Waals surface area (Å²) in [7, 11) is -1.52. The van der Waals surface area contributed by atoms with Crippen LogP contribution in [0, 0.1) is 5.82 Å². The summed E-state index contributed by atoms with van der Waals surface area (Å²) in [5, 5.41) is 2.88. The molecular formula is C33H42FN3O7S. The maximum atomic E-state index is 14.2. The van der Waals surface area contributed by atoms with Crippen molar-refractivity contribution in [1.82, 2.24) is 10.2 Å². The van der Waals surface area contributed by atoms with Gasteiger partial charge in [0.25, 0.3) is 10.0 Å². The summed E-state index contributed by atoms with van der Waals surface area (Å²) in [6.45, 7) is 5.82. The maximum absolute atomic E-state index is 14.2. The van der Waals surface area contributed by atoms with Gasteiger partial charge in [-0.15, -0.1) is 0 Å². The fourth-order valence-corrected chi connectivity index (χ4v) is 6.15. The molecule has 3 aromatic rings. The molecule has 0 saturated heterocycles. The minimum Gasteiger partial charge on any atom is -0.494 e. The van der Waals surface area contributed by atoms with Gasteiger partial charge in [0.1, 0.15) is 24.2 Å². The Labute approximate surface area is 265 Å². The first-order valence-electron chi connectivity index (χ1n) is 14.9. The van der Waals surface area contributed by atoms with Crippen LogP contribution in [-0.4, -0.2) is 65.1 Å². The van der Waals surface area contributed by atoms with E-state index in [0.717, 1.165) is 17.1 Å². The van der Waals surface area contributed by atoms with Gasteiger partial charge in [0.05, 0.1) is 31.4 Å². The van der Waals surface area contributed by atoms with E-state index in [-0.39, 0.29) is 35.2 Å². The zero-order chi connectivity index (χ0) is 33.0. The second-order valence-corrected chi connectivity index (χ2v) is 12.0. The number of rotatable bonds is 17. The largest absolute Gasteiger partial charge is 0.494 e. The lowest BCUT2D eigenvalue weighted by atomic mass is 10.1. The van der Waals surface area contributed by atoms with E-state index < -0.39 is 34.3 Å². The topological polar surface area (TPSA) is 114 Å². The number of carbonyl (C=O) groups excluding carboxylic acids is 2. The van der Waals surface area contributed by atoms with Gasteiger partial charge in [-0.1, -0.05) is 32.4 Å². The highest BCUT2D eigenvalue weighted by Gasteiger charge is 2.34. The summed E-state index contributed by atoms with van der Waals surface area (Å²) < 4.78 is 59.3. The molecule has 0 radical (unpaired) electrons. The van der Waals surface area contributed by atoms with Crippen LogP contribution < -0.4 is 23.8 Å². The minimum atomic E-state index is -4.35. The first-order chi connectivity index (χ1) is 21.6. The quantitative estimate of drug-likeness (QED) is 0.202. The Hall–Kier alpha value is -4.32. The average molecular weight is 644 g/mol. The Balaban J connectivity index is 2.08. The Morgan fingerprint density at radius 1 is 0.911 bits per heavy atom. The van der Waals surface area contributed by atoms with Crippen molar-refractivity contribution in [2.45, 2.75) is 57.5 Å². The number of anilines is 1. The summed E-state index contributed by atoms with van der Waals surface area (Å²) in [6.07, 6.45) is 1.92. The standard InChI is InChI=1S/C33H42FN3O7S/c1-6-9-20-35-33(39)29(7-2)36(22-24-10-12-25(34)13-11-24)32(38)23-37(26-14-16-27(17-15-26)44-8-3)45(40,41)28-18-19-30(42-4)31(21-28)43-5/h10-19,21,29H,6-9,20,22-23H2,1-5H3,(H,35,39). The summed E-state index contributed by atoms with van der Waals surface area (Å²) >= 11 is 0. The number of ether oxygens (including phenoxy) is 3. The van der Waals surface area contributed by atoms with Crippen molar-refractivity contribution in [3.63, 3.8) is 0 Å². The monoisotopic (exact) mass is 643 g/mol. The Kier molecular flexibility index (Phi) is 13.0. The SMILES string of the molecule is CCCCNC(=O)C(CC)N(Cc1ccc(F)cc1)C(=O)CN(c1ccc(OCC)cc1)S(=O)(=O)c1ccc(OC)c(OC)c1. The number of nitrogens with one attached hydrogen (secondary N) is 1. The Bertz CT molecular complexity index is 1520. The zero-order valence-electron chi connectivity index (χ0n) is 26.4. The van der Waals surface area contributed by atoms with Crippen molar-refractivity contribution >= 4 is 27.5 Å². The lowest BCUT2D eigenvalue weighted by molar-refractivity contribution is -0.140. The van der Waals surface area contributed by atoms with Gasteiger partial charge >= 0.3 is 0 Å². The van der Waals surface area contributed by atoms with Crippen molar-refractivity contribution in [2.24, 2.45) is 0 Å². The predicted molar refractivity (Wildman–Crippen MR) is 171 cm³/mol. The highest BCUT2D eigenvalue weighted by atomic mass is 32.2. The molecule has 0 aromatic heterocycles. The fourth-order valence-electron chi connectivity index (χ4n) is 4.72. The summed E-state index contributed by atoms with van der Waals surface area (Å²) in [4.78, 5) is 28.7. The van der Waals surface area contributed by atoms with Crippen molar-refractivity contribution in [2.75, 3.05) is 38.2 Å². The van der Waals surface area contributed by atoms with Crippen LogP contribution in [0.5, 0.6) is 17.2 Å². The van der Waals surface area contributed by atoms with Crippen molar-refractivity contribution in [3.8, 4) is 17.2 Å². The molecule has 3 aromatic carbocycles. The molecule has 12 heteroatoms. The number of sulfonamides is 1. The first-order valence-corrected chi connectivity index (χ1v) is 16.3. The number of carbonyl (C=O) groups is 2. The molecule has 244 valence electrons. The summed E-state index contributed by atoms with van der Waals surface area (Å²) in [6, 6.07) is 15.2. The molecule has 0 heterocycles. The Morgan fingerprint density at radius 3 is 2.16 bits per heavy atom. The number of hydrogen-bond donors (Lipinski definition) is 1. The molecule has 0 aliphatic heterocycles.